The number of hydrogen-bond acceptors (Lipinski definition) is 3. The van der Waals surface area contributed by atoms with E-state index in [0.29, 0.717) is 33.5 Å². The van der Waals surface area contributed by atoms with Crippen molar-refractivity contribution in [2.75, 3.05) is 0 Å². The molecule has 4 nitrogen and oxygen atoms in total. The van der Waals surface area contributed by atoms with Gasteiger partial charge in [-0.25, -0.2) is 9.97 Å². The maximum atomic E-state index is 13.8. The normalized spacial score (nSPS) is 12.3. The fourth-order valence-corrected chi connectivity index (χ4v) is 3.48. The van der Waals surface area contributed by atoms with E-state index in [0.717, 1.165) is 6.07 Å². The molecule has 0 unspecified atom stereocenters. The molecule has 2 aromatic heterocycles. The van der Waals surface area contributed by atoms with Gasteiger partial charge in [-0.2, -0.15) is 13.2 Å². The molecule has 4 rings (SSSR count). The summed E-state index contributed by atoms with van der Waals surface area (Å²) in [6, 6.07) is 9.46. The van der Waals surface area contributed by atoms with Gasteiger partial charge in [0.2, 0.25) is 0 Å². The van der Waals surface area contributed by atoms with Crippen molar-refractivity contribution in [3.63, 3.8) is 0 Å². The number of nitrogens with one attached hydrogen (secondary N) is 1. The second kappa shape index (κ2) is 7.88. The number of alkyl halides is 3. The zero-order chi connectivity index (χ0) is 21.8. The molecule has 0 aliphatic carbocycles. The Morgan fingerprint density at radius 2 is 1.71 bits per heavy atom. The smallest absolute Gasteiger partial charge is 0.418 e. The lowest BCUT2D eigenvalue weighted by Gasteiger charge is -2.11. The number of hydrogen-bond donors (Lipinski definition) is 1. The molecule has 0 aliphatic heterocycles. The predicted molar refractivity (Wildman–Crippen MR) is 118 cm³/mol. The monoisotopic (exact) mass is 469 g/mol. The van der Waals surface area contributed by atoms with Crippen LogP contribution in [0.5, 0.6) is 0 Å². The summed E-state index contributed by atoms with van der Waals surface area (Å²) in [5, 5.41) is 0.367. The molecule has 0 aliphatic rings. The second-order valence-electron chi connectivity index (χ2n) is 8.16. The predicted octanol–water partition coefficient (Wildman–Crippen LogP) is 7.58. The number of rotatable bonds is 2. The highest BCUT2D eigenvalue weighted by molar-refractivity contribution is 6.33. The lowest BCUT2D eigenvalue weighted by Crippen LogP contribution is -2.11. The SMILES string of the molecule is Cc1oc(C(C)(C)C)nc1-c1nc2c(C(F)(F)F)cc(-c3ccccc3Cl)cc2[nH]1.Cl. The van der Waals surface area contributed by atoms with Gasteiger partial charge in [0.05, 0.1) is 11.1 Å². The van der Waals surface area contributed by atoms with Crippen molar-refractivity contribution < 1.29 is 17.6 Å². The third-order valence-corrected chi connectivity index (χ3v) is 5.07. The highest BCUT2D eigenvalue weighted by Crippen LogP contribution is 2.40. The van der Waals surface area contributed by atoms with Gasteiger partial charge in [-0.15, -0.1) is 12.4 Å². The van der Waals surface area contributed by atoms with Gasteiger partial charge < -0.3 is 9.40 Å². The zero-order valence-electron chi connectivity index (χ0n) is 17.2. The maximum absolute atomic E-state index is 13.8. The van der Waals surface area contributed by atoms with Gasteiger partial charge >= 0.3 is 6.18 Å². The Morgan fingerprint density at radius 3 is 2.29 bits per heavy atom. The fraction of sp³-hybridized carbons (Fsp3) is 0.273. The average molecular weight is 470 g/mol. The molecule has 9 heteroatoms. The number of imidazole rings is 1. The van der Waals surface area contributed by atoms with Gasteiger partial charge in [-0.05, 0) is 30.7 Å². The van der Waals surface area contributed by atoms with E-state index in [2.05, 4.69) is 15.0 Å². The number of benzene rings is 2. The van der Waals surface area contributed by atoms with Crippen LogP contribution in [-0.4, -0.2) is 15.0 Å². The molecule has 1 N–H and O–H groups in total. The van der Waals surface area contributed by atoms with Crippen LogP contribution in [-0.2, 0) is 11.6 Å². The number of nitrogens with zero attached hydrogens (tertiary/aromatic N) is 2. The first kappa shape index (κ1) is 23.2. The van der Waals surface area contributed by atoms with Gasteiger partial charge in [-0.1, -0.05) is 50.6 Å². The largest absolute Gasteiger partial charge is 0.445 e. The standard InChI is InChI=1S/C22H19ClF3N3O.ClH/c1-11-17(29-20(30-11)21(2,3)4)19-27-16-10-12(13-7-5-6-8-15(13)23)9-14(18(16)28-19)22(24,25)26;/h5-10H,1-4H3,(H,27,28);1H. The summed E-state index contributed by atoms with van der Waals surface area (Å²) in [7, 11) is 0. The van der Waals surface area contributed by atoms with Gasteiger partial charge in [0, 0.05) is 16.0 Å². The number of aryl methyl sites for hydroxylation is 1. The molecular weight excluding hydrogens is 450 g/mol. The summed E-state index contributed by atoms with van der Waals surface area (Å²) >= 11 is 6.21. The Morgan fingerprint density at radius 1 is 1.03 bits per heavy atom. The van der Waals surface area contributed by atoms with Crippen LogP contribution in [0.4, 0.5) is 13.2 Å². The van der Waals surface area contributed by atoms with Gasteiger partial charge in [-0.3, -0.25) is 0 Å². The maximum Gasteiger partial charge on any atom is 0.418 e. The third-order valence-electron chi connectivity index (χ3n) is 4.74. The highest BCUT2D eigenvalue weighted by atomic mass is 35.5. The van der Waals surface area contributed by atoms with Crippen molar-refractivity contribution >= 4 is 35.0 Å². The van der Waals surface area contributed by atoms with E-state index in [1.165, 1.54) is 0 Å². The number of aromatic nitrogens is 3. The number of halogens is 5. The van der Waals surface area contributed by atoms with Gasteiger partial charge in [0.15, 0.2) is 11.7 Å². The minimum Gasteiger partial charge on any atom is -0.445 e. The molecule has 2 heterocycles. The van der Waals surface area contributed by atoms with E-state index < -0.39 is 11.7 Å². The minimum atomic E-state index is -4.59. The van der Waals surface area contributed by atoms with E-state index >= 15 is 0 Å². The van der Waals surface area contributed by atoms with Crippen LogP contribution < -0.4 is 0 Å². The first-order chi connectivity index (χ1) is 13.9. The summed E-state index contributed by atoms with van der Waals surface area (Å²) in [5.41, 5.74) is 0.141. The topological polar surface area (TPSA) is 54.7 Å². The van der Waals surface area contributed by atoms with Crippen molar-refractivity contribution in [1.82, 2.24) is 15.0 Å². The molecule has 0 spiro atoms. The summed E-state index contributed by atoms with van der Waals surface area (Å²) in [4.78, 5) is 11.7. The van der Waals surface area contributed by atoms with Crippen LogP contribution in [0.3, 0.4) is 0 Å². The zero-order valence-corrected chi connectivity index (χ0v) is 18.8. The van der Waals surface area contributed by atoms with Crippen LogP contribution in [0.25, 0.3) is 33.7 Å². The van der Waals surface area contributed by atoms with Crippen molar-refractivity contribution in [1.29, 1.82) is 0 Å². The van der Waals surface area contributed by atoms with Crippen LogP contribution in [0.15, 0.2) is 40.8 Å². The van der Waals surface area contributed by atoms with E-state index in [4.69, 9.17) is 16.0 Å². The summed E-state index contributed by atoms with van der Waals surface area (Å²) < 4.78 is 47.3. The number of oxazole rings is 1. The van der Waals surface area contributed by atoms with Crippen molar-refractivity contribution in [3.05, 3.63) is 58.6 Å². The Hall–Kier alpha value is -2.51. The van der Waals surface area contributed by atoms with Crippen molar-refractivity contribution in [2.45, 2.75) is 39.3 Å². The Bertz CT molecular complexity index is 1250. The number of fused-ring (bicyclic) bond motifs is 1. The summed E-state index contributed by atoms with van der Waals surface area (Å²) in [5.74, 6) is 1.20. The molecule has 0 radical (unpaired) electrons. The molecule has 0 bridgehead atoms. The van der Waals surface area contributed by atoms with Crippen LogP contribution >= 0.6 is 24.0 Å². The molecular formula is C22H20Cl2F3N3O. The molecule has 0 atom stereocenters. The average Bonchev–Trinajstić information content (AvgIpc) is 3.23. The van der Waals surface area contributed by atoms with Gasteiger partial charge in [0.1, 0.15) is 17.0 Å². The number of H-pyrrole nitrogens is 1. The Kier molecular flexibility index (Phi) is 5.88. The van der Waals surface area contributed by atoms with Crippen LogP contribution in [0.1, 0.15) is 38.0 Å². The molecule has 4 aromatic rings. The van der Waals surface area contributed by atoms with E-state index in [1.54, 1.807) is 37.3 Å². The molecule has 0 saturated heterocycles. The Balaban J connectivity index is 0.00000272. The van der Waals surface area contributed by atoms with Gasteiger partial charge in [0.25, 0.3) is 0 Å². The minimum absolute atomic E-state index is 0. The molecule has 164 valence electrons. The first-order valence-corrected chi connectivity index (χ1v) is 9.67. The van der Waals surface area contributed by atoms with E-state index in [1.807, 2.05) is 20.8 Å². The lowest BCUT2D eigenvalue weighted by molar-refractivity contribution is -0.136. The Labute approximate surface area is 188 Å². The highest BCUT2D eigenvalue weighted by Gasteiger charge is 2.35. The fourth-order valence-electron chi connectivity index (χ4n) is 3.23. The van der Waals surface area contributed by atoms with Crippen molar-refractivity contribution in [2.24, 2.45) is 0 Å². The summed E-state index contributed by atoms with van der Waals surface area (Å²) in [6.45, 7) is 7.54. The van der Waals surface area contributed by atoms with Crippen molar-refractivity contribution in [3.8, 4) is 22.6 Å². The van der Waals surface area contributed by atoms with E-state index in [9.17, 15) is 13.2 Å². The van der Waals surface area contributed by atoms with Crippen LogP contribution in [0, 0.1) is 6.92 Å². The molecule has 2 aromatic carbocycles. The van der Waals surface area contributed by atoms with Crippen LogP contribution in [0.2, 0.25) is 5.02 Å². The molecule has 0 saturated carbocycles. The lowest BCUT2D eigenvalue weighted by atomic mass is 9.97. The quantitative estimate of drug-likeness (QED) is 0.329. The molecule has 31 heavy (non-hydrogen) atoms. The molecule has 0 fully saturated rings. The first-order valence-electron chi connectivity index (χ1n) is 9.29. The molecule has 0 amide bonds. The summed E-state index contributed by atoms with van der Waals surface area (Å²) in [6.07, 6.45) is -4.59. The third kappa shape index (κ3) is 4.29. The second-order valence-corrected chi connectivity index (χ2v) is 8.56. The van der Waals surface area contributed by atoms with E-state index in [-0.39, 0.29) is 34.7 Å². The number of aromatic amines is 1.